The maximum atomic E-state index is 12.3. The molecule has 0 spiro atoms. The second-order valence-electron chi connectivity index (χ2n) is 5.05. The highest BCUT2D eigenvalue weighted by Gasteiger charge is 2.23. The van der Waals surface area contributed by atoms with E-state index in [4.69, 9.17) is 23.2 Å². The predicted molar refractivity (Wildman–Crippen MR) is 102 cm³/mol. The molecule has 0 aliphatic heterocycles. The number of benzene rings is 1. The van der Waals surface area contributed by atoms with Gasteiger partial charge in [0.2, 0.25) is 5.91 Å². The minimum absolute atomic E-state index is 0.0222. The van der Waals surface area contributed by atoms with Gasteiger partial charge in [-0.1, -0.05) is 35.3 Å². The number of rotatable bonds is 7. The quantitative estimate of drug-likeness (QED) is 0.608. The molecule has 9 heteroatoms. The Balaban J connectivity index is 1.97. The standard InChI is InChI=1S/C17H14Cl2N2O4S/c18-11-4-1-5-12(19)15(11)16(23)21-13(17(24)25)9-20-14(22)7-6-10-3-2-8-26-10/h1-8,13H,9H2,(H,20,22)(H,21,23)(H,24,25)/t13-/m0/s1. The maximum absolute atomic E-state index is 12.3. The Morgan fingerprint density at radius 1 is 1.15 bits per heavy atom. The molecule has 1 aromatic heterocycles. The lowest BCUT2D eigenvalue weighted by Crippen LogP contribution is -2.48. The van der Waals surface area contributed by atoms with Crippen molar-refractivity contribution in [3.8, 4) is 0 Å². The normalized spacial score (nSPS) is 11.9. The average molecular weight is 413 g/mol. The summed E-state index contributed by atoms with van der Waals surface area (Å²) in [5, 5.41) is 16.0. The van der Waals surface area contributed by atoms with Gasteiger partial charge in [0.15, 0.2) is 0 Å². The molecule has 0 unspecified atom stereocenters. The van der Waals surface area contributed by atoms with Crippen LogP contribution >= 0.6 is 34.5 Å². The summed E-state index contributed by atoms with van der Waals surface area (Å²) in [6.07, 6.45) is 2.90. The van der Waals surface area contributed by atoms with Gasteiger partial charge in [0.1, 0.15) is 6.04 Å². The third-order valence-electron chi connectivity index (χ3n) is 3.22. The number of carboxylic acids is 1. The molecule has 0 fully saturated rings. The summed E-state index contributed by atoms with van der Waals surface area (Å²) in [6.45, 7) is -0.295. The van der Waals surface area contributed by atoms with E-state index in [0.717, 1.165) is 4.88 Å². The monoisotopic (exact) mass is 412 g/mol. The lowest BCUT2D eigenvalue weighted by atomic mass is 10.2. The molecular weight excluding hydrogens is 399 g/mol. The third-order valence-corrected chi connectivity index (χ3v) is 4.68. The topological polar surface area (TPSA) is 95.5 Å². The zero-order chi connectivity index (χ0) is 19.1. The number of aliphatic carboxylic acids is 1. The van der Waals surface area contributed by atoms with Crippen LogP contribution in [0, 0.1) is 0 Å². The Morgan fingerprint density at radius 3 is 2.42 bits per heavy atom. The molecule has 0 aliphatic carbocycles. The molecule has 26 heavy (non-hydrogen) atoms. The van der Waals surface area contributed by atoms with Crippen LogP contribution in [0.25, 0.3) is 6.08 Å². The van der Waals surface area contributed by atoms with Crippen LogP contribution in [0.15, 0.2) is 41.8 Å². The van der Waals surface area contributed by atoms with E-state index in [1.807, 2.05) is 17.5 Å². The van der Waals surface area contributed by atoms with E-state index in [1.165, 1.54) is 29.5 Å². The molecule has 6 nitrogen and oxygen atoms in total. The molecule has 2 rings (SSSR count). The average Bonchev–Trinajstić information content (AvgIpc) is 3.09. The molecule has 2 aromatic rings. The molecule has 2 amide bonds. The van der Waals surface area contributed by atoms with Crippen LogP contribution in [0.5, 0.6) is 0 Å². The molecule has 0 saturated heterocycles. The van der Waals surface area contributed by atoms with Crippen molar-refractivity contribution in [2.24, 2.45) is 0 Å². The van der Waals surface area contributed by atoms with E-state index >= 15 is 0 Å². The van der Waals surface area contributed by atoms with Crippen molar-refractivity contribution in [2.45, 2.75) is 6.04 Å². The molecule has 0 saturated carbocycles. The second-order valence-corrected chi connectivity index (χ2v) is 6.85. The highest BCUT2D eigenvalue weighted by molar-refractivity contribution is 7.10. The first-order valence-electron chi connectivity index (χ1n) is 7.35. The fraction of sp³-hybridized carbons (Fsp3) is 0.118. The highest BCUT2D eigenvalue weighted by Crippen LogP contribution is 2.24. The summed E-state index contributed by atoms with van der Waals surface area (Å²) in [4.78, 5) is 36.3. The molecule has 0 radical (unpaired) electrons. The minimum Gasteiger partial charge on any atom is -0.480 e. The van der Waals surface area contributed by atoms with Gasteiger partial charge in [0.05, 0.1) is 15.6 Å². The van der Waals surface area contributed by atoms with Crippen molar-refractivity contribution in [3.05, 3.63) is 62.3 Å². The molecular formula is C17H14Cl2N2O4S. The SMILES string of the molecule is O=C(C=Cc1cccs1)NC[C@H](NC(=O)c1c(Cl)cccc1Cl)C(=O)O. The summed E-state index contributed by atoms with van der Waals surface area (Å²) in [7, 11) is 0. The van der Waals surface area contributed by atoms with Gasteiger partial charge in [0.25, 0.3) is 5.91 Å². The van der Waals surface area contributed by atoms with Gasteiger partial charge >= 0.3 is 5.97 Å². The summed E-state index contributed by atoms with van der Waals surface area (Å²) in [5.74, 6) is -2.52. The van der Waals surface area contributed by atoms with Gasteiger partial charge in [-0.25, -0.2) is 4.79 Å². The zero-order valence-electron chi connectivity index (χ0n) is 13.2. The van der Waals surface area contributed by atoms with Crippen LogP contribution < -0.4 is 10.6 Å². The van der Waals surface area contributed by atoms with Crippen LogP contribution in [0.3, 0.4) is 0 Å². The Kier molecular flexibility index (Phi) is 7.20. The van der Waals surface area contributed by atoms with Gasteiger partial charge in [-0.05, 0) is 29.7 Å². The third kappa shape index (κ3) is 5.59. The largest absolute Gasteiger partial charge is 0.480 e. The molecule has 136 valence electrons. The second kappa shape index (κ2) is 9.38. The number of hydrogen-bond donors (Lipinski definition) is 3. The van der Waals surface area contributed by atoms with E-state index in [2.05, 4.69) is 10.6 Å². The summed E-state index contributed by atoms with van der Waals surface area (Å²) in [6, 6.07) is 6.84. The Morgan fingerprint density at radius 2 is 1.85 bits per heavy atom. The van der Waals surface area contributed by atoms with E-state index in [9.17, 15) is 19.5 Å². The number of carbonyl (C=O) groups is 3. The molecule has 0 bridgehead atoms. The van der Waals surface area contributed by atoms with E-state index in [0.29, 0.717) is 0 Å². The van der Waals surface area contributed by atoms with Crippen molar-refractivity contribution in [1.82, 2.24) is 10.6 Å². The fourth-order valence-corrected chi connectivity index (χ4v) is 3.14. The van der Waals surface area contributed by atoms with E-state index in [-0.39, 0.29) is 22.2 Å². The number of nitrogens with one attached hydrogen (secondary N) is 2. The fourth-order valence-electron chi connectivity index (χ4n) is 1.95. The number of carboxylic acid groups (broad SMARTS) is 1. The Labute approximate surface area is 163 Å². The highest BCUT2D eigenvalue weighted by atomic mass is 35.5. The number of amides is 2. The first-order valence-corrected chi connectivity index (χ1v) is 8.99. The van der Waals surface area contributed by atoms with Crippen molar-refractivity contribution >= 4 is 58.4 Å². The molecule has 1 atom stereocenters. The number of carbonyl (C=O) groups excluding carboxylic acids is 2. The van der Waals surface area contributed by atoms with Crippen LogP contribution in [-0.2, 0) is 9.59 Å². The maximum Gasteiger partial charge on any atom is 0.328 e. The minimum atomic E-state index is -1.34. The lowest BCUT2D eigenvalue weighted by molar-refractivity contribution is -0.139. The van der Waals surface area contributed by atoms with Gasteiger partial charge in [-0.3, -0.25) is 9.59 Å². The first-order chi connectivity index (χ1) is 12.4. The zero-order valence-corrected chi connectivity index (χ0v) is 15.6. The van der Waals surface area contributed by atoms with E-state index in [1.54, 1.807) is 12.1 Å². The van der Waals surface area contributed by atoms with Crippen LogP contribution in [0.1, 0.15) is 15.2 Å². The van der Waals surface area contributed by atoms with Crippen LogP contribution in [0.4, 0.5) is 0 Å². The molecule has 0 aliphatic rings. The van der Waals surface area contributed by atoms with Crippen molar-refractivity contribution < 1.29 is 19.5 Å². The van der Waals surface area contributed by atoms with Gasteiger partial charge < -0.3 is 15.7 Å². The predicted octanol–water partition coefficient (Wildman–Crippen LogP) is 3.07. The smallest absolute Gasteiger partial charge is 0.328 e. The Hall–Kier alpha value is -2.35. The van der Waals surface area contributed by atoms with Gasteiger partial charge in [-0.15, -0.1) is 11.3 Å². The summed E-state index contributed by atoms with van der Waals surface area (Å²) >= 11 is 13.3. The van der Waals surface area contributed by atoms with Crippen LogP contribution in [-0.4, -0.2) is 35.5 Å². The number of halogens is 2. The van der Waals surface area contributed by atoms with E-state index < -0.39 is 23.8 Å². The number of hydrogen-bond acceptors (Lipinski definition) is 4. The number of thiophene rings is 1. The van der Waals surface area contributed by atoms with Crippen molar-refractivity contribution in [1.29, 1.82) is 0 Å². The van der Waals surface area contributed by atoms with Crippen LogP contribution in [0.2, 0.25) is 10.0 Å². The summed E-state index contributed by atoms with van der Waals surface area (Å²) < 4.78 is 0. The lowest BCUT2D eigenvalue weighted by Gasteiger charge is -2.16. The molecule has 1 aromatic carbocycles. The Bertz CT molecular complexity index is 817. The van der Waals surface area contributed by atoms with Crippen molar-refractivity contribution in [3.63, 3.8) is 0 Å². The summed E-state index contributed by atoms with van der Waals surface area (Å²) in [5.41, 5.74) is -0.0222. The first kappa shape index (κ1) is 20.0. The van der Waals surface area contributed by atoms with Gasteiger partial charge in [-0.2, -0.15) is 0 Å². The van der Waals surface area contributed by atoms with Gasteiger partial charge in [0, 0.05) is 17.5 Å². The van der Waals surface area contributed by atoms with Crippen molar-refractivity contribution in [2.75, 3.05) is 6.54 Å². The molecule has 1 heterocycles. The molecule has 3 N–H and O–H groups in total.